The quantitative estimate of drug-likeness (QED) is 0.244. The predicted octanol–water partition coefficient (Wildman–Crippen LogP) is 9.46. The zero-order chi connectivity index (χ0) is 30.7. The lowest BCUT2D eigenvalue weighted by molar-refractivity contribution is 0.312. The molecule has 0 fully saturated rings. The highest BCUT2D eigenvalue weighted by Crippen LogP contribution is 2.53. The Morgan fingerprint density at radius 3 is 2.41 bits per heavy atom. The number of hydrogen-bond acceptors (Lipinski definition) is 3. The first-order chi connectivity index (χ1) is 19.5. The number of ether oxygens (including phenoxy) is 1. The molecular formula is C34H37NO2. The Bertz CT molecular complexity index is 1960. The summed E-state index contributed by atoms with van der Waals surface area (Å²) in [5, 5.41) is 2.53. The smallest absolute Gasteiger partial charge is 0.177 e. The van der Waals surface area contributed by atoms with Gasteiger partial charge in [-0.15, -0.1) is 0 Å². The van der Waals surface area contributed by atoms with Crippen LogP contribution in [0, 0.1) is 0 Å². The Kier molecular flexibility index (Phi) is 3.99. The van der Waals surface area contributed by atoms with E-state index in [1.807, 2.05) is 26.8 Å². The average molecular weight is 497 g/mol. The van der Waals surface area contributed by atoms with E-state index in [0.29, 0.717) is 38.8 Å². The van der Waals surface area contributed by atoms with Gasteiger partial charge >= 0.3 is 0 Å². The monoisotopic (exact) mass is 496 g/mol. The number of hydrogen-bond donors (Lipinski definition) is 0. The van der Waals surface area contributed by atoms with E-state index in [1.165, 1.54) is 11.1 Å². The highest BCUT2D eigenvalue weighted by atomic mass is 16.5. The molecule has 0 atom stereocenters. The molecule has 3 nitrogen and oxygen atoms in total. The fraction of sp³-hybridized carbons (Fsp3) is 0.382. The van der Waals surface area contributed by atoms with Crippen molar-refractivity contribution < 1.29 is 16.0 Å². The Hall–Kier alpha value is -3.33. The molecule has 0 radical (unpaired) electrons. The third-order valence-corrected chi connectivity index (χ3v) is 8.14. The second-order valence-electron chi connectivity index (χ2n) is 12.7. The van der Waals surface area contributed by atoms with Crippen LogP contribution >= 0.6 is 0 Å². The average Bonchev–Trinajstić information content (AvgIpc) is 3.30. The third-order valence-electron chi connectivity index (χ3n) is 8.14. The van der Waals surface area contributed by atoms with Crippen LogP contribution in [0.5, 0.6) is 5.75 Å². The molecule has 1 aliphatic carbocycles. The van der Waals surface area contributed by atoms with Gasteiger partial charge in [0.2, 0.25) is 0 Å². The van der Waals surface area contributed by atoms with Crippen LogP contribution in [0.1, 0.15) is 84.9 Å². The number of pyridine rings is 1. The number of aromatic nitrogens is 1. The summed E-state index contributed by atoms with van der Waals surface area (Å²) in [4.78, 5) is 4.72. The maximum Gasteiger partial charge on any atom is 0.177 e. The van der Waals surface area contributed by atoms with Gasteiger partial charge < -0.3 is 9.15 Å². The minimum atomic E-state index is -0.579. The fourth-order valence-corrected chi connectivity index (χ4v) is 5.98. The Labute approximate surface area is 226 Å². The second-order valence-corrected chi connectivity index (χ2v) is 12.7. The normalized spacial score (nSPS) is 18.8. The van der Waals surface area contributed by atoms with Crippen molar-refractivity contribution in [2.45, 2.75) is 77.6 Å². The van der Waals surface area contributed by atoms with Gasteiger partial charge in [0.25, 0.3) is 0 Å². The first-order valence-corrected chi connectivity index (χ1v) is 13.0. The summed E-state index contributed by atoms with van der Waals surface area (Å²) in [6.45, 7) is 14.9. The summed E-state index contributed by atoms with van der Waals surface area (Å²) in [5.74, 6) is 0.733. The molecule has 2 aromatic heterocycles. The summed E-state index contributed by atoms with van der Waals surface area (Å²) in [6, 6.07) is 5.15. The van der Waals surface area contributed by atoms with Crippen LogP contribution in [-0.2, 0) is 16.2 Å². The first kappa shape index (κ1) is 18.8. The minimum Gasteiger partial charge on any atom is -0.492 e. The number of nitrogens with zero attached hydrogens (tertiary/aromatic N) is 1. The number of benzene rings is 3. The van der Waals surface area contributed by atoms with E-state index >= 15 is 0 Å². The zero-order valence-electron chi connectivity index (χ0n) is 28.0. The summed E-state index contributed by atoms with van der Waals surface area (Å²) in [6.07, 6.45) is 3.81. The van der Waals surface area contributed by atoms with Crippen LogP contribution in [0.4, 0.5) is 0 Å². The molecule has 0 unspecified atom stereocenters. The molecule has 2 heterocycles. The van der Waals surface area contributed by atoms with Gasteiger partial charge in [0.15, 0.2) is 16.9 Å². The van der Waals surface area contributed by atoms with Crippen molar-refractivity contribution in [1.29, 1.82) is 0 Å². The van der Waals surface area contributed by atoms with Crippen molar-refractivity contribution in [3.63, 3.8) is 0 Å². The van der Waals surface area contributed by atoms with Crippen LogP contribution in [-0.4, -0.2) is 12.1 Å². The van der Waals surface area contributed by atoms with E-state index in [4.69, 9.17) is 19.6 Å². The van der Waals surface area contributed by atoms with Crippen molar-refractivity contribution in [1.82, 2.24) is 4.98 Å². The zero-order valence-corrected chi connectivity index (χ0v) is 23.0. The SMILES string of the molecule is [2H]c1c([2H])c([2H])c2c(C(C)(C)C)c([2H])c(-c3nccc4c3oc3c(OC)c5c(cc34)C(C)(C)CCC5(C)C)cc2c1[2H]. The summed E-state index contributed by atoms with van der Waals surface area (Å²) in [5.41, 5.74) is 4.36. The first-order valence-electron chi connectivity index (χ1n) is 15.5. The maximum atomic E-state index is 9.38. The van der Waals surface area contributed by atoms with Crippen LogP contribution < -0.4 is 4.74 Å². The van der Waals surface area contributed by atoms with Crippen LogP contribution in [0.25, 0.3) is 44.0 Å². The molecule has 0 saturated carbocycles. The van der Waals surface area contributed by atoms with E-state index in [-0.39, 0.29) is 41.0 Å². The highest BCUT2D eigenvalue weighted by molar-refractivity contribution is 6.11. The van der Waals surface area contributed by atoms with Crippen LogP contribution in [0.2, 0.25) is 0 Å². The second kappa shape index (κ2) is 7.84. The van der Waals surface area contributed by atoms with Crippen LogP contribution in [0.3, 0.4) is 0 Å². The van der Waals surface area contributed by atoms with E-state index in [9.17, 15) is 1.37 Å². The van der Waals surface area contributed by atoms with Gasteiger partial charge in [-0.05, 0) is 75.2 Å². The van der Waals surface area contributed by atoms with E-state index in [0.717, 1.165) is 29.4 Å². The Balaban J connectivity index is 1.77. The molecule has 0 spiro atoms. The molecule has 3 heteroatoms. The lowest BCUT2D eigenvalue weighted by atomic mass is 9.62. The molecule has 1 aliphatic rings. The van der Waals surface area contributed by atoms with E-state index in [2.05, 4.69) is 33.8 Å². The minimum absolute atomic E-state index is 0.0384. The molecule has 0 saturated heterocycles. The molecule has 0 amide bonds. The number of fused-ring (bicyclic) bond motifs is 5. The Morgan fingerprint density at radius 1 is 0.946 bits per heavy atom. The maximum absolute atomic E-state index is 9.38. The molecule has 0 aliphatic heterocycles. The molecule has 37 heavy (non-hydrogen) atoms. The van der Waals surface area contributed by atoms with Crippen molar-refractivity contribution in [3.05, 3.63) is 71.3 Å². The Morgan fingerprint density at radius 2 is 1.68 bits per heavy atom. The topological polar surface area (TPSA) is 35.3 Å². The predicted molar refractivity (Wildman–Crippen MR) is 155 cm³/mol. The molecule has 190 valence electrons. The number of methoxy groups -OCH3 is 1. The standard InChI is InChI=1S/C34H37NO2/c1-32(2,3)25-18-21(17-20-11-9-10-12-22(20)25)28-29-23(13-16-35-28)24-19-26-27(31(36-8)30(24)37-29)34(6,7)15-14-33(26,4)5/h9-13,16-19H,14-15H2,1-8H3/i9D,10D,11D,12D,18D. The molecule has 0 N–H and O–H groups in total. The molecular weight excluding hydrogens is 454 g/mol. The van der Waals surface area contributed by atoms with Gasteiger partial charge in [-0.3, -0.25) is 4.98 Å². The fourth-order valence-electron chi connectivity index (χ4n) is 5.98. The van der Waals surface area contributed by atoms with Crippen molar-refractivity contribution in [2.24, 2.45) is 0 Å². The number of rotatable bonds is 2. The highest BCUT2D eigenvalue weighted by Gasteiger charge is 2.41. The van der Waals surface area contributed by atoms with Gasteiger partial charge in [-0.1, -0.05) is 72.6 Å². The van der Waals surface area contributed by atoms with Crippen LogP contribution in [0.15, 0.2) is 59.0 Å². The van der Waals surface area contributed by atoms with E-state index < -0.39 is 5.41 Å². The lowest BCUT2D eigenvalue weighted by Gasteiger charge is -2.42. The summed E-state index contributed by atoms with van der Waals surface area (Å²) >= 11 is 0. The van der Waals surface area contributed by atoms with E-state index in [1.54, 1.807) is 19.4 Å². The van der Waals surface area contributed by atoms with Gasteiger partial charge in [-0.25, -0.2) is 0 Å². The molecule has 6 rings (SSSR count). The van der Waals surface area contributed by atoms with Gasteiger partial charge in [0.05, 0.1) is 14.0 Å². The van der Waals surface area contributed by atoms with Crippen molar-refractivity contribution >= 4 is 32.7 Å². The third kappa shape index (κ3) is 3.58. The van der Waals surface area contributed by atoms with Gasteiger partial charge in [0, 0.05) is 28.1 Å². The molecule has 0 bridgehead atoms. The van der Waals surface area contributed by atoms with Gasteiger partial charge in [0.1, 0.15) is 5.69 Å². The molecule has 3 aromatic carbocycles. The largest absolute Gasteiger partial charge is 0.492 e. The van der Waals surface area contributed by atoms with Crippen molar-refractivity contribution in [2.75, 3.05) is 7.11 Å². The summed E-state index contributed by atoms with van der Waals surface area (Å²) < 4.78 is 56.2. The molecule has 5 aromatic rings. The lowest BCUT2D eigenvalue weighted by Crippen LogP contribution is -2.34. The van der Waals surface area contributed by atoms with Gasteiger partial charge in [-0.2, -0.15) is 0 Å². The van der Waals surface area contributed by atoms with Crippen molar-refractivity contribution in [3.8, 4) is 17.0 Å². The number of furan rings is 1. The summed E-state index contributed by atoms with van der Waals surface area (Å²) in [7, 11) is 1.69.